The lowest BCUT2D eigenvalue weighted by atomic mass is 10.3. The van der Waals surface area contributed by atoms with Crippen LogP contribution in [0, 0.1) is 0 Å². The molecule has 0 fully saturated rings. The Morgan fingerprint density at radius 2 is 2.20 bits per heavy atom. The lowest BCUT2D eigenvalue weighted by Crippen LogP contribution is -2.28. The van der Waals surface area contributed by atoms with Crippen molar-refractivity contribution in [3.05, 3.63) is 41.9 Å². The molecule has 0 bridgehead atoms. The Bertz CT molecular complexity index is 653. The summed E-state index contributed by atoms with van der Waals surface area (Å²) in [7, 11) is -0.312. The van der Waals surface area contributed by atoms with Crippen LogP contribution < -0.4 is 5.32 Å². The predicted molar refractivity (Wildman–Crippen MR) is 74.2 cm³/mol. The Morgan fingerprint density at radius 1 is 1.40 bits per heavy atom. The Hall–Kier alpha value is -1.77. The summed E-state index contributed by atoms with van der Waals surface area (Å²) >= 11 is 0. The highest BCUT2D eigenvalue weighted by molar-refractivity contribution is 7.89. The first-order chi connectivity index (χ1) is 9.55. The van der Waals surface area contributed by atoms with Crippen molar-refractivity contribution in [2.45, 2.75) is 18.1 Å². The fourth-order valence-electron chi connectivity index (χ4n) is 1.83. The fraction of sp³-hybridized carbons (Fsp3) is 0.333. The highest BCUT2D eigenvalue weighted by Crippen LogP contribution is 2.18. The third-order valence-corrected chi connectivity index (χ3v) is 4.66. The molecule has 0 aliphatic rings. The number of pyridine rings is 1. The zero-order chi connectivity index (χ0) is 14.6. The molecule has 2 heterocycles. The van der Waals surface area contributed by atoms with Crippen molar-refractivity contribution < 1.29 is 8.42 Å². The van der Waals surface area contributed by atoms with Gasteiger partial charge < -0.3 is 5.32 Å². The molecule has 2 aromatic heterocycles. The third-order valence-electron chi connectivity index (χ3n) is 2.84. The van der Waals surface area contributed by atoms with Gasteiger partial charge in [0, 0.05) is 38.1 Å². The van der Waals surface area contributed by atoms with Gasteiger partial charge in [-0.05, 0) is 18.7 Å². The minimum Gasteiger partial charge on any atom is -0.316 e. The van der Waals surface area contributed by atoms with Gasteiger partial charge in [0.15, 0.2) is 5.03 Å². The molecule has 0 saturated heterocycles. The van der Waals surface area contributed by atoms with E-state index >= 15 is 0 Å². The number of sulfonamides is 1. The molecule has 108 valence electrons. The van der Waals surface area contributed by atoms with Crippen LogP contribution in [0.15, 0.2) is 35.7 Å². The van der Waals surface area contributed by atoms with Crippen LogP contribution in [0.3, 0.4) is 0 Å². The Kier molecular flexibility index (Phi) is 4.48. The van der Waals surface area contributed by atoms with Crippen molar-refractivity contribution in [2.24, 2.45) is 0 Å². The lowest BCUT2D eigenvalue weighted by molar-refractivity contribution is 0.462. The minimum atomic E-state index is -3.60. The molecule has 8 heteroatoms. The van der Waals surface area contributed by atoms with E-state index in [0.717, 1.165) is 5.56 Å². The van der Waals surface area contributed by atoms with Gasteiger partial charge in [-0.3, -0.25) is 10.1 Å². The number of nitrogens with one attached hydrogen (secondary N) is 2. The zero-order valence-corrected chi connectivity index (χ0v) is 12.2. The topological polar surface area (TPSA) is 91.0 Å². The van der Waals surface area contributed by atoms with E-state index in [9.17, 15) is 8.42 Å². The highest BCUT2D eigenvalue weighted by atomic mass is 32.2. The molecule has 0 amide bonds. The standard InChI is InChI=1S/C12H17N5O2S/c1-13-7-11-8-15-16-12(11)20(18,19)17(2)9-10-4-3-5-14-6-10/h3-6,8,13H,7,9H2,1-2H3,(H,15,16). The first kappa shape index (κ1) is 14.6. The van der Waals surface area contributed by atoms with Crippen LogP contribution in [0.4, 0.5) is 0 Å². The normalized spacial score (nSPS) is 11.9. The van der Waals surface area contributed by atoms with Crippen LogP contribution in [-0.2, 0) is 23.1 Å². The maximum atomic E-state index is 12.5. The molecule has 2 aromatic rings. The van der Waals surface area contributed by atoms with Gasteiger partial charge in [0.05, 0.1) is 6.20 Å². The molecule has 2 rings (SSSR count). The first-order valence-electron chi connectivity index (χ1n) is 6.08. The number of rotatable bonds is 6. The van der Waals surface area contributed by atoms with E-state index in [2.05, 4.69) is 20.5 Å². The van der Waals surface area contributed by atoms with E-state index in [1.165, 1.54) is 17.5 Å². The molecule has 7 nitrogen and oxygen atoms in total. The number of H-pyrrole nitrogens is 1. The van der Waals surface area contributed by atoms with E-state index in [1.54, 1.807) is 25.5 Å². The average molecular weight is 295 g/mol. The second-order valence-corrected chi connectivity index (χ2v) is 6.36. The molecule has 0 aromatic carbocycles. The third kappa shape index (κ3) is 3.03. The van der Waals surface area contributed by atoms with E-state index in [-0.39, 0.29) is 11.6 Å². The summed E-state index contributed by atoms with van der Waals surface area (Å²) in [6, 6.07) is 3.61. The molecule has 0 aliphatic carbocycles. The minimum absolute atomic E-state index is 0.123. The number of aromatic amines is 1. The first-order valence-corrected chi connectivity index (χ1v) is 7.52. The summed E-state index contributed by atoms with van der Waals surface area (Å²) in [5.74, 6) is 0. The molecule has 0 unspecified atom stereocenters. The zero-order valence-electron chi connectivity index (χ0n) is 11.4. The van der Waals surface area contributed by atoms with E-state index in [4.69, 9.17) is 0 Å². The van der Waals surface area contributed by atoms with Crippen LogP contribution in [0.25, 0.3) is 0 Å². The second kappa shape index (κ2) is 6.12. The lowest BCUT2D eigenvalue weighted by Gasteiger charge is -2.16. The smallest absolute Gasteiger partial charge is 0.260 e. The predicted octanol–water partition coefficient (Wildman–Crippen LogP) is 0.345. The Morgan fingerprint density at radius 3 is 2.85 bits per heavy atom. The molecule has 0 atom stereocenters. The van der Waals surface area contributed by atoms with Gasteiger partial charge in [0.1, 0.15) is 0 Å². The van der Waals surface area contributed by atoms with Gasteiger partial charge in [-0.2, -0.15) is 9.40 Å². The van der Waals surface area contributed by atoms with Gasteiger partial charge >= 0.3 is 0 Å². The number of hydrogen-bond donors (Lipinski definition) is 2. The summed E-state index contributed by atoms with van der Waals surface area (Å²) in [6.45, 7) is 0.694. The van der Waals surface area contributed by atoms with E-state index in [1.807, 2.05) is 6.07 Å². The van der Waals surface area contributed by atoms with Crippen molar-refractivity contribution in [3.63, 3.8) is 0 Å². The van der Waals surface area contributed by atoms with Gasteiger partial charge in [-0.15, -0.1) is 0 Å². The summed E-state index contributed by atoms with van der Waals surface area (Å²) in [5, 5.41) is 9.42. The van der Waals surface area contributed by atoms with Gasteiger partial charge in [0.2, 0.25) is 0 Å². The molecular formula is C12H17N5O2S. The van der Waals surface area contributed by atoms with Crippen LogP contribution in [0.1, 0.15) is 11.1 Å². The molecule has 0 radical (unpaired) electrons. The van der Waals surface area contributed by atoms with Crippen LogP contribution in [0.2, 0.25) is 0 Å². The van der Waals surface area contributed by atoms with Gasteiger partial charge in [-0.1, -0.05) is 6.07 Å². The molecule has 20 heavy (non-hydrogen) atoms. The van der Waals surface area contributed by atoms with Crippen molar-refractivity contribution in [2.75, 3.05) is 14.1 Å². The van der Waals surface area contributed by atoms with Crippen molar-refractivity contribution >= 4 is 10.0 Å². The van der Waals surface area contributed by atoms with Crippen LogP contribution >= 0.6 is 0 Å². The van der Waals surface area contributed by atoms with E-state index in [0.29, 0.717) is 12.1 Å². The van der Waals surface area contributed by atoms with Gasteiger partial charge in [0.25, 0.3) is 10.0 Å². The highest BCUT2D eigenvalue weighted by Gasteiger charge is 2.25. The SMILES string of the molecule is CNCc1cn[nH]c1S(=O)(=O)N(C)Cc1cccnc1. The van der Waals surface area contributed by atoms with Gasteiger partial charge in [-0.25, -0.2) is 8.42 Å². The summed E-state index contributed by atoms with van der Waals surface area (Å²) in [4.78, 5) is 3.98. The second-order valence-electron chi connectivity index (χ2n) is 4.38. The summed E-state index contributed by atoms with van der Waals surface area (Å²) in [6.07, 6.45) is 4.81. The molecule has 0 aliphatic heterocycles. The molecule has 0 saturated carbocycles. The van der Waals surface area contributed by atoms with Crippen LogP contribution in [0.5, 0.6) is 0 Å². The maximum Gasteiger partial charge on any atom is 0.260 e. The average Bonchev–Trinajstić information content (AvgIpc) is 2.89. The van der Waals surface area contributed by atoms with Crippen molar-refractivity contribution in [1.29, 1.82) is 0 Å². The molecule has 0 spiro atoms. The maximum absolute atomic E-state index is 12.5. The quantitative estimate of drug-likeness (QED) is 0.802. The van der Waals surface area contributed by atoms with Crippen molar-refractivity contribution in [3.8, 4) is 0 Å². The fourth-order valence-corrected chi connectivity index (χ4v) is 3.08. The van der Waals surface area contributed by atoms with E-state index < -0.39 is 10.0 Å². The summed E-state index contributed by atoms with van der Waals surface area (Å²) < 4.78 is 26.3. The monoisotopic (exact) mass is 295 g/mol. The van der Waals surface area contributed by atoms with Crippen molar-refractivity contribution in [1.82, 2.24) is 24.8 Å². The van der Waals surface area contributed by atoms with Crippen LogP contribution in [-0.4, -0.2) is 42.0 Å². The number of nitrogens with zero attached hydrogens (tertiary/aromatic N) is 3. The Balaban J connectivity index is 2.23. The Labute approximate surface area is 118 Å². The number of hydrogen-bond acceptors (Lipinski definition) is 5. The summed E-state index contributed by atoms with van der Waals surface area (Å²) in [5.41, 5.74) is 1.44. The largest absolute Gasteiger partial charge is 0.316 e. The number of aromatic nitrogens is 3. The molecular weight excluding hydrogens is 278 g/mol. The molecule has 2 N–H and O–H groups in total.